The van der Waals surface area contributed by atoms with Crippen molar-refractivity contribution in [3.8, 4) is 23.0 Å². The van der Waals surface area contributed by atoms with Gasteiger partial charge in [0.1, 0.15) is 102 Å². The van der Waals surface area contributed by atoms with E-state index in [-0.39, 0.29) is 95.7 Å². The molecule has 2 aliphatic heterocycles. The number of rotatable bonds is 53. The van der Waals surface area contributed by atoms with E-state index in [4.69, 9.17) is 32.1 Å². The summed E-state index contributed by atoms with van der Waals surface area (Å²) in [7, 11) is 0. The number of aliphatic carboxylic acids is 3. The Labute approximate surface area is 780 Å². The number of carbonyl (C=O) groups is 21. The molecule has 17 amide bonds. The first-order chi connectivity index (χ1) is 64.6. The molecule has 14 atom stereocenters. The zero-order chi connectivity index (χ0) is 102. The number of nitrogens with two attached hydrogens (primary N) is 3. The van der Waals surface area contributed by atoms with Gasteiger partial charge in [-0.1, -0.05) is 40.2 Å². The van der Waals surface area contributed by atoms with Gasteiger partial charge in [-0.05, 0) is 108 Å². The number of esters is 1. The molecule has 0 saturated heterocycles. The van der Waals surface area contributed by atoms with Crippen molar-refractivity contribution in [2.75, 3.05) is 19.6 Å². The first-order valence-corrected chi connectivity index (χ1v) is 43.1. The van der Waals surface area contributed by atoms with Gasteiger partial charge in [0, 0.05) is 85.4 Å². The number of H-pyrrole nitrogens is 2. The zero-order valence-electron chi connectivity index (χ0n) is 75.5. The molecule has 52 nitrogen and oxygen atoms in total. The van der Waals surface area contributed by atoms with Crippen LogP contribution in [-0.2, 0) is 114 Å². The number of carboxylic acid groups (broad SMARTS) is 3. The van der Waals surface area contributed by atoms with Gasteiger partial charge in [0.2, 0.25) is 94.5 Å². The number of benzene rings is 3. The van der Waals surface area contributed by atoms with Gasteiger partial charge in [-0.25, -0.2) is 19.6 Å². The Kier molecular flexibility index (Phi) is 39.2. The summed E-state index contributed by atoms with van der Waals surface area (Å²) < 4.78 is 12.1. The van der Waals surface area contributed by atoms with Crippen LogP contribution in [0.1, 0.15) is 168 Å². The SMILES string of the molecule is CC[C@H](C)[C@H](NC(=O)[C@H](CCC(=O)O)NC(=O)CNC(=O)[C@H](Cc1c[nH]cn1)NC(=O)[C@H](C)NC(=O)[C@H](C)NC(=O)[C@H](Cc1c[nH]cn1)NC(=O)[C@@H](NC(=O)[C@H](C)NC(=O)[C@H](CCC(N)=O)NC(=O)c1ccc2c(c1)C(=O)OC21c2ccc(O)cc2Oc2cc(O)ccc21)C(C)C)C(=O)N[C@@H](CC(N)=O)C(=O)N[C@@H](CCC(=O)O)C(=O)N[C@@H](C)C(=O)NCC(=O)N[C@@H](CCCNC(=N)N)C(=O)O. The molecule has 2 aromatic heterocycles. The molecule has 2 aliphatic rings. The third-order valence-electron chi connectivity index (χ3n) is 21.7. The van der Waals surface area contributed by atoms with Gasteiger partial charge in [-0.2, -0.15) is 0 Å². The van der Waals surface area contributed by atoms with Crippen molar-refractivity contribution in [1.29, 1.82) is 5.41 Å². The zero-order valence-corrected chi connectivity index (χ0v) is 75.5. The number of phenolic OH excluding ortho intramolecular Hbond substituents is 2. The predicted molar refractivity (Wildman–Crippen MR) is 473 cm³/mol. The van der Waals surface area contributed by atoms with Crippen molar-refractivity contribution in [2.24, 2.45) is 29.0 Å². The fourth-order valence-electron chi connectivity index (χ4n) is 14.1. The number of imidazole rings is 2. The average Bonchev–Trinajstić information content (AvgIpc) is 1.56. The fourth-order valence-corrected chi connectivity index (χ4v) is 14.1. The second kappa shape index (κ2) is 49.9. The lowest BCUT2D eigenvalue weighted by Crippen LogP contribution is -2.61. The highest BCUT2D eigenvalue weighted by molar-refractivity contribution is 6.05. The van der Waals surface area contributed by atoms with Gasteiger partial charge in [-0.15, -0.1) is 0 Å². The lowest BCUT2D eigenvalue weighted by Gasteiger charge is -2.36. The van der Waals surface area contributed by atoms with Crippen LogP contribution in [0.15, 0.2) is 79.6 Å². The molecule has 0 aliphatic carbocycles. The van der Waals surface area contributed by atoms with Crippen molar-refractivity contribution in [3.05, 3.63) is 119 Å². The van der Waals surface area contributed by atoms with E-state index in [1.54, 1.807) is 20.8 Å². The van der Waals surface area contributed by atoms with Crippen LogP contribution in [0.3, 0.4) is 0 Å². The van der Waals surface area contributed by atoms with E-state index in [0.717, 1.165) is 6.92 Å². The smallest absolute Gasteiger partial charge is 0.340 e. The van der Waals surface area contributed by atoms with Gasteiger partial charge >= 0.3 is 23.9 Å². The lowest BCUT2D eigenvalue weighted by atomic mass is 9.77. The van der Waals surface area contributed by atoms with Gasteiger partial charge in [0.05, 0.1) is 49.1 Å². The summed E-state index contributed by atoms with van der Waals surface area (Å²) in [6.45, 7) is 9.21. The molecule has 740 valence electrons. The predicted octanol–water partition coefficient (Wildman–Crippen LogP) is -6.25. The number of aromatic nitrogens is 4. The third kappa shape index (κ3) is 31.4. The minimum Gasteiger partial charge on any atom is -0.508 e. The third-order valence-corrected chi connectivity index (χ3v) is 21.7. The molecule has 5 aromatic rings. The summed E-state index contributed by atoms with van der Waals surface area (Å²) in [5.74, 6) is -25.4. The van der Waals surface area contributed by atoms with E-state index in [1.165, 1.54) is 107 Å². The summed E-state index contributed by atoms with van der Waals surface area (Å²) in [6, 6.07) is -8.68. The van der Waals surface area contributed by atoms with Gasteiger partial charge in [-0.3, -0.25) is 96.5 Å². The summed E-state index contributed by atoms with van der Waals surface area (Å²) in [5, 5.41) is 94.6. The van der Waals surface area contributed by atoms with Gasteiger partial charge in [0.25, 0.3) is 5.91 Å². The Morgan fingerprint density at radius 3 is 1.36 bits per heavy atom. The Balaban J connectivity index is 0.941. The largest absolute Gasteiger partial charge is 0.508 e. The number of nitrogens with one attached hydrogen (secondary N) is 19. The molecule has 0 unspecified atom stereocenters. The second-order valence-electron chi connectivity index (χ2n) is 32.7. The monoisotopic (exact) mass is 1920 g/mol. The molecule has 52 heteroatoms. The van der Waals surface area contributed by atoms with E-state index < -0.39 is 278 Å². The Hall–Kier alpha value is -16.4. The molecule has 30 N–H and O–H groups in total. The quantitative estimate of drug-likeness (QED) is 0.00745. The first-order valence-electron chi connectivity index (χ1n) is 43.1. The highest BCUT2D eigenvalue weighted by atomic mass is 16.6. The molecular weight excluding hydrogens is 1810 g/mol. The molecule has 4 heterocycles. The highest BCUT2D eigenvalue weighted by Crippen LogP contribution is 2.57. The Morgan fingerprint density at radius 1 is 0.445 bits per heavy atom. The van der Waals surface area contributed by atoms with E-state index in [2.05, 4.69) is 105 Å². The number of carbonyl (C=O) groups excluding carboxylic acids is 18. The van der Waals surface area contributed by atoms with E-state index >= 15 is 0 Å². The summed E-state index contributed by atoms with van der Waals surface area (Å²) >= 11 is 0. The highest BCUT2D eigenvalue weighted by Gasteiger charge is 2.54. The number of primary amides is 2. The molecule has 3 aromatic carbocycles. The summed E-state index contributed by atoms with van der Waals surface area (Å²) in [6.07, 6.45) is -0.0395. The number of phenols is 2. The lowest BCUT2D eigenvalue weighted by molar-refractivity contribution is -0.142. The van der Waals surface area contributed by atoms with Gasteiger partial charge in [0.15, 0.2) is 11.6 Å². The second-order valence-corrected chi connectivity index (χ2v) is 32.7. The van der Waals surface area contributed by atoms with Crippen LogP contribution in [0.2, 0.25) is 0 Å². The number of hydrogen-bond donors (Lipinski definition) is 27. The number of aromatic amines is 2. The maximum atomic E-state index is 14.3. The summed E-state index contributed by atoms with van der Waals surface area (Å²) in [5.41, 5.74) is 15.5. The van der Waals surface area contributed by atoms with Crippen LogP contribution in [0, 0.1) is 17.2 Å². The number of guanidine groups is 1. The minimum absolute atomic E-state index is 0.0810. The van der Waals surface area contributed by atoms with Gasteiger partial charge < -0.3 is 147 Å². The van der Waals surface area contributed by atoms with Crippen LogP contribution in [0.25, 0.3) is 0 Å². The first kappa shape index (κ1) is 108. The number of fused-ring (bicyclic) bond motifs is 6. The van der Waals surface area contributed by atoms with E-state index in [0.29, 0.717) is 11.1 Å². The van der Waals surface area contributed by atoms with Crippen LogP contribution >= 0.6 is 0 Å². The van der Waals surface area contributed by atoms with Crippen LogP contribution in [0.5, 0.6) is 23.0 Å². The fraction of sp³-hybridized carbons (Fsp3) is 0.459. The molecule has 0 bridgehead atoms. The van der Waals surface area contributed by atoms with Crippen LogP contribution in [0.4, 0.5) is 0 Å². The molecule has 1 spiro atoms. The molecule has 137 heavy (non-hydrogen) atoms. The van der Waals surface area contributed by atoms with Crippen molar-refractivity contribution in [2.45, 2.75) is 217 Å². The maximum Gasteiger partial charge on any atom is 0.340 e. The molecule has 0 radical (unpaired) electrons. The summed E-state index contributed by atoms with van der Waals surface area (Å²) in [4.78, 5) is 296. The molecule has 0 fully saturated rings. The number of ether oxygens (including phenoxy) is 2. The number of hydrogen-bond acceptors (Lipinski definition) is 28. The standard InChI is InChI=1S/C85H112N24O28/c1-9-38(4)68(81(132)107-58(30-62(87)113)79(130)104-54(20-23-66(118)119)76(127)98-39(5)69(120)93-33-64(115)102-55(82(133)134)11-10-24-92-84(88)89)109-77(128)52(19-22-65(116)117)101-63(114)34-94-74(125)56(26-44-31-90-35-95-44)105-71(122)41(7)97-70(121)40(6)100-78(129)57(27-45-32-91-36-96-45)106-80(131)67(37(2)3)108-72(123)42(8)99-75(126)53(18-21-61(86)112)103-73(124)43-12-15-49-48(25-43)83(135)137-85(49)50-16-13-46(110)28-59(50)136-60-29-47(111)14-17-51(60)85/h12-17,25,28-29,31-32,35-42,52-58,67-68,110-111H,9-11,18-24,26-27,30,33-34H2,1-8H3,(H2,86,112)(H2,87,113)(H,90,95)(H,91,96)(H,93,120)(H,94,125)(H,97,121)(H,98,127)(H,99,126)(H,100,129)(H,101,114)(H,102,115)(H,103,124)(H,104,130)(H,105,122)(H,106,131)(H,107,132)(H,108,123)(H,109,128)(H,116,117)(H,118,119)(H,133,134)(H4,88,89,92)/t38-,39-,40-,41-,42-,52-,53-,54-,55-,56-,57-,58-,67-,68-/m0/s1. The van der Waals surface area contributed by atoms with Crippen molar-refractivity contribution >= 4 is 130 Å². The number of carboxylic acids is 3. The molecule has 0 saturated carbocycles. The van der Waals surface area contributed by atoms with Crippen LogP contribution < -0.4 is 107 Å². The van der Waals surface area contributed by atoms with E-state index in [9.17, 15) is 126 Å². The molecule has 7 rings (SSSR count). The average molecular weight is 1920 g/mol. The van der Waals surface area contributed by atoms with E-state index in [1.807, 2.05) is 0 Å². The Bertz CT molecular complexity index is 5310. The normalized spacial score (nSPS) is 15.0. The van der Waals surface area contributed by atoms with Crippen molar-refractivity contribution < 1.29 is 136 Å². The van der Waals surface area contributed by atoms with Crippen molar-refractivity contribution in [1.82, 2.24) is 105 Å². The minimum atomic E-state index is -1.98. The number of aromatic hydroxyl groups is 2. The van der Waals surface area contributed by atoms with Crippen molar-refractivity contribution in [3.63, 3.8) is 0 Å². The topological polar surface area (TPSA) is 830 Å². The van der Waals surface area contributed by atoms with Crippen LogP contribution in [-0.4, -0.2) is 274 Å². The molecular formula is C85H112N24O28. The Morgan fingerprint density at radius 2 is 0.869 bits per heavy atom. The maximum absolute atomic E-state index is 14.3. The number of amides is 17. The number of nitrogens with zero attached hydrogens (tertiary/aromatic N) is 2.